The van der Waals surface area contributed by atoms with Crippen molar-refractivity contribution in [2.75, 3.05) is 18.8 Å². The molecule has 0 aromatic heterocycles. The molecule has 0 spiro atoms. The Balaban J connectivity index is 2.60. The van der Waals surface area contributed by atoms with Gasteiger partial charge in [-0.15, -0.1) is 0 Å². The second-order valence-electron chi connectivity index (χ2n) is 3.98. The van der Waals surface area contributed by atoms with E-state index in [0.717, 1.165) is 0 Å². The minimum absolute atomic E-state index is 0.0247. The third kappa shape index (κ3) is 2.52. The Kier molecular flexibility index (Phi) is 2.53. The molecule has 1 fully saturated rings. The van der Waals surface area contributed by atoms with Gasteiger partial charge in [-0.1, -0.05) is 12.2 Å². The zero-order valence-corrected chi connectivity index (χ0v) is 8.76. The van der Waals surface area contributed by atoms with Gasteiger partial charge in [0, 0.05) is 13.1 Å². The Morgan fingerprint density at radius 3 is 2.38 bits per heavy atom. The van der Waals surface area contributed by atoms with Crippen molar-refractivity contribution >= 4 is 10.0 Å². The van der Waals surface area contributed by atoms with Gasteiger partial charge >= 0.3 is 0 Å². The molecule has 0 aromatic rings. The number of sulfonamides is 1. The lowest BCUT2D eigenvalue weighted by molar-refractivity contribution is -0.0425. The Hall–Kier alpha value is -0.390. The minimum Gasteiger partial charge on any atom is -0.387 e. The number of hydrogen-bond donors (Lipinski definition) is 1. The van der Waals surface area contributed by atoms with Crippen molar-refractivity contribution in [3.05, 3.63) is 12.2 Å². The van der Waals surface area contributed by atoms with Gasteiger partial charge in [0.2, 0.25) is 10.0 Å². The molecule has 0 unspecified atom stereocenters. The molecule has 0 bridgehead atoms. The van der Waals surface area contributed by atoms with Gasteiger partial charge in [-0.3, -0.25) is 0 Å². The van der Waals surface area contributed by atoms with Gasteiger partial charge in [0.1, 0.15) is 0 Å². The van der Waals surface area contributed by atoms with Crippen LogP contribution in [0.1, 0.15) is 13.8 Å². The first-order valence-corrected chi connectivity index (χ1v) is 5.68. The van der Waals surface area contributed by atoms with Crippen molar-refractivity contribution in [3.8, 4) is 0 Å². The summed E-state index contributed by atoms with van der Waals surface area (Å²) >= 11 is 0. The van der Waals surface area contributed by atoms with E-state index in [-0.39, 0.29) is 18.8 Å². The quantitative estimate of drug-likeness (QED) is 0.658. The molecule has 0 aliphatic carbocycles. The molecule has 0 radical (unpaired) electrons. The van der Waals surface area contributed by atoms with Crippen molar-refractivity contribution in [1.82, 2.24) is 4.31 Å². The predicted molar refractivity (Wildman–Crippen MR) is 50.8 cm³/mol. The van der Waals surface area contributed by atoms with Gasteiger partial charge in [-0.2, -0.15) is 4.31 Å². The maximum atomic E-state index is 11.5. The molecule has 0 atom stereocenters. The van der Waals surface area contributed by atoms with Crippen molar-refractivity contribution in [2.24, 2.45) is 0 Å². The van der Waals surface area contributed by atoms with E-state index in [1.165, 1.54) is 4.31 Å². The van der Waals surface area contributed by atoms with E-state index in [1.807, 2.05) is 0 Å². The molecule has 1 heterocycles. The van der Waals surface area contributed by atoms with Crippen molar-refractivity contribution in [2.45, 2.75) is 19.4 Å². The predicted octanol–water partition coefficient (Wildman–Crippen LogP) is -0.0411. The molecule has 1 saturated heterocycles. The van der Waals surface area contributed by atoms with E-state index in [9.17, 15) is 13.5 Å². The van der Waals surface area contributed by atoms with Crippen LogP contribution in [-0.4, -0.2) is 42.3 Å². The second-order valence-corrected chi connectivity index (χ2v) is 5.95. The van der Waals surface area contributed by atoms with Crippen LogP contribution in [0, 0.1) is 0 Å². The third-order valence-electron chi connectivity index (χ3n) is 1.86. The molecule has 4 nitrogen and oxygen atoms in total. The highest BCUT2D eigenvalue weighted by molar-refractivity contribution is 7.89. The highest BCUT2D eigenvalue weighted by Gasteiger charge is 2.42. The number of nitrogens with zero attached hydrogens (tertiary/aromatic N) is 1. The normalized spacial score (nSPS) is 22.4. The monoisotopic (exact) mass is 205 g/mol. The van der Waals surface area contributed by atoms with Crippen LogP contribution in [0.2, 0.25) is 0 Å². The van der Waals surface area contributed by atoms with E-state index in [0.29, 0.717) is 5.57 Å². The molecule has 1 aliphatic rings. The lowest BCUT2D eigenvalue weighted by Gasteiger charge is -2.42. The van der Waals surface area contributed by atoms with Crippen molar-refractivity contribution in [1.29, 1.82) is 0 Å². The van der Waals surface area contributed by atoms with Gasteiger partial charge < -0.3 is 5.11 Å². The van der Waals surface area contributed by atoms with E-state index in [1.54, 1.807) is 13.8 Å². The topological polar surface area (TPSA) is 57.6 Å². The molecule has 1 aliphatic heterocycles. The van der Waals surface area contributed by atoms with Crippen molar-refractivity contribution < 1.29 is 13.5 Å². The molecule has 0 amide bonds. The van der Waals surface area contributed by atoms with Gasteiger partial charge in [-0.25, -0.2) is 8.42 Å². The molecule has 13 heavy (non-hydrogen) atoms. The average Bonchev–Trinajstić information content (AvgIpc) is 1.79. The van der Waals surface area contributed by atoms with Crippen LogP contribution >= 0.6 is 0 Å². The van der Waals surface area contributed by atoms with Crippen LogP contribution in [0.25, 0.3) is 0 Å². The lowest BCUT2D eigenvalue weighted by Crippen LogP contribution is -2.61. The second kappa shape index (κ2) is 3.08. The number of aliphatic hydroxyl groups is 1. The molecule has 76 valence electrons. The fraction of sp³-hybridized carbons (Fsp3) is 0.750. The number of hydrogen-bond acceptors (Lipinski definition) is 3. The maximum Gasteiger partial charge on any atom is 0.218 e. The molecule has 0 saturated carbocycles. The smallest absolute Gasteiger partial charge is 0.218 e. The highest BCUT2D eigenvalue weighted by atomic mass is 32.2. The zero-order chi connectivity index (χ0) is 10.3. The first-order valence-electron chi connectivity index (χ1n) is 4.07. The standard InChI is InChI=1S/C8H15NO3S/c1-7(2)4-13(11,12)9-5-8(3,10)6-9/h10H,1,4-6H2,2-3H3. The minimum atomic E-state index is -3.22. The molecule has 1 N–H and O–H groups in total. The van der Waals surface area contributed by atoms with Crippen molar-refractivity contribution in [3.63, 3.8) is 0 Å². The maximum absolute atomic E-state index is 11.5. The lowest BCUT2D eigenvalue weighted by atomic mass is 10.0. The van der Waals surface area contributed by atoms with E-state index in [2.05, 4.69) is 6.58 Å². The van der Waals surface area contributed by atoms with Gasteiger partial charge in [0.05, 0.1) is 11.4 Å². The molecule has 5 heteroatoms. The Morgan fingerprint density at radius 2 is 2.08 bits per heavy atom. The SMILES string of the molecule is C=C(C)CS(=O)(=O)N1CC(C)(O)C1. The van der Waals surface area contributed by atoms with Gasteiger partial charge in [0.25, 0.3) is 0 Å². The van der Waals surface area contributed by atoms with E-state index >= 15 is 0 Å². The summed E-state index contributed by atoms with van der Waals surface area (Å²) in [5, 5.41) is 9.35. The van der Waals surface area contributed by atoms with Crippen LogP contribution in [0.3, 0.4) is 0 Å². The fourth-order valence-electron chi connectivity index (χ4n) is 1.31. The summed E-state index contributed by atoms with van der Waals surface area (Å²) in [6, 6.07) is 0. The summed E-state index contributed by atoms with van der Waals surface area (Å²) in [7, 11) is -3.22. The summed E-state index contributed by atoms with van der Waals surface area (Å²) in [5.74, 6) is -0.0247. The molecule has 0 aromatic carbocycles. The molecular weight excluding hydrogens is 190 g/mol. The van der Waals surface area contributed by atoms with E-state index in [4.69, 9.17) is 0 Å². The summed E-state index contributed by atoms with van der Waals surface area (Å²) in [6.07, 6.45) is 0. The Labute approximate surface area is 78.9 Å². The number of rotatable bonds is 3. The first-order chi connectivity index (χ1) is 5.73. The van der Waals surface area contributed by atoms with Crippen LogP contribution in [0.4, 0.5) is 0 Å². The van der Waals surface area contributed by atoms with E-state index < -0.39 is 15.6 Å². The van der Waals surface area contributed by atoms with Crippen LogP contribution in [0.15, 0.2) is 12.2 Å². The first kappa shape index (κ1) is 10.7. The largest absolute Gasteiger partial charge is 0.387 e. The summed E-state index contributed by atoms with van der Waals surface area (Å²) in [5.41, 5.74) is -0.228. The van der Waals surface area contributed by atoms with Crippen LogP contribution in [0.5, 0.6) is 0 Å². The van der Waals surface area contributed by atoms with Crippen LogP contribution in [-0.2, 0) is 10.0 Å². The van der Waals surface area contributed by atoms with Gasteiger partial charge in [0.15, 0.2) is 0 Å². The molecule has 1 rings (SSSR count). The van der Waals surface area contributed by atoms with Crippen LogP contribution < -0.4 is 0 Å². The number of β-amino-alcohol motifs (C(OH)–C–C–N with tert-alkyl or cyclic N) is 1. The van der Waals surface area contributed by atoms with Gasteiger partial charge in [-0.05, 0) is 13.8 Å². The molecular formula is C8H15NO3S. The summed E-state index contributed by atoms with van der Waals surface area (Å²) < 4.78 is 24.2. The summed E-state index contributed by atoms with van der Waals surface area (Å²) in [4.78, 5) is 0. The fourth-order valence-corrected chi connectivity index (χ4v) is 3.07. The third-order valence-corrected chi connectivity index (χ3v) is 3.76. The zero-order valence-electron chi connectivity index (χ0n) is 7.95. The Bertz CT molecular complexity index is 310. The average molecular weight is 205 g/mol. The summed E-state index contributed by atoms with van der Waals surface area (Å²) in [6.45, 7) is 7.24. The highest BCUT2D eigenvalue weighted by Crippen LogP contribution is 2.23. The Morgan fingerprint density at radius 1 is 1.62 bits per heavy atom.